The van der Waals surface area contributed by atoms with Crippen LogP contribution in [0, 0.1) is 23.2 Å². The second-order valence-corrected chi connectivity index (χ2v) is 8.86. The molecule has 1 N–H and O–H groups in total. The van der Waals surface area contributed by atoms with Gasteiger partial charge in [0.05, 0.1) is 7.11 Å². The molecule has 0 spiro atoms. The molecule has 0 bridgehead atoms. The van der Waals surface area contributed by atoms with E-state index >= 15 is 0 Å². The van der Waals surface area contributed by atoms with Gasteiger partial charge in [0, 0.05) is 6.42 Å². The first-order valence-corrected chi connectivity index (χ1v) is 9.83. The second kappa shape index (κ2) is 6.03. The molecular formula is C22H30O3. The number of hydrogen-bond acceptors (Lipinski definition) is 3. The standard InChI is InChI=1S/C22H30O3/c1-13(23)10-15-5-7-19-17-6-4-14-11-20(24)21(25-3)12-18(14)16(17)8-9-22(15,19)2/h11-12,15-17,19,24H,4-10H2,1-3H3/t15-,16+,17-,19+,22-/m1/s1. The summed E-state index contributed by atoms with van der Waals surface area (Å²) in [6.45, 7) is 4.21. The van der Waals surface area contributed by atoms with Gasteiger partial charge in [0.15, 0.2) is 11.5 Å². The predicted molar refractivity (Wildman–Crippen MR) is 98.1 cm³/mol. The lowest BCUT2D eigenvalue weighted by molar-refractivity contribution is -0.119. The molecule has 1 aromatic carbocycles. The normalized spacial score (nSPS) is 36.3. The second-order valence-electron chi connectivity index (χ2n) is 8.86. The van der Waals surface area contributed by atoms with E-state index in [-0.39, 0.29) is 5.75 Å². The molecule has 2 fully saturated rings. The molecule has 3 heteroatoms. The first-order chi connectivity index (χ1) is 11.9. The van der Waals surface area contributed by atoms with Crippen LogP contribution < -0.4 is 4.74 Å². The van der Waals surface area contributed by atoms with Crippen LogP contribution in [0.2, 0.25) is 0 Å². The van der Waals surface area contributed by atoms with Crippen LogP contribution in [-0.4, -0.2) is 18.0 Å². The van der Waals surface area contributed by atoms with Crippen LogP contribution in [0.4, 0.5) is 0 Å². The zero-order valence-corrected chi connectivity index (χ0v) is 15.7. The molecule has 1 aromatic rings. The van der Waals surface area contributed by atoms with Gasteiger partial charge in [0.2, 0.25) is 0 Å². The fourth-order valence-corrected chi connectivity index (χ4v) is 6.54. The number of methoxy groups -OCH3 is 1. The van der Waals surface area contributed by atoms with Crippen molar-refractivity contribution in [2.24, 2.45) is 23.2 Å². The minimum Gasteiger partial charge on any atom is -0.504 e. The number of hydrogen-bond donors (Lipinski definition) is 1. The number of benzene rings is 1. The number of rotatable bonds is 3. The maximum atomic E-state index is 11.7. The van der Waals surface area contributed by atoms with E-state index in [1.165, 1.54) is 43.2 Å². The van der Waals surface area contributed by atoms with Gasteiger partial charge in [0.1, 0.15) is 5.78 Å². The number of fused-ring (bicyclic) bond motifs is 5. The Morgan fingerprint density at radius 3 is 2.80 bits per heavy atom. The van der Waals surface area contributed by atoms with Gasteiger partial charge in [-0.05, 0) is 97.8 Å². The summed E-state index contributed by atoms with van der Waals surface area (Å²) in [5, 5.41) is 10.1. The number of aryl methyl sites for hydroxylation is 1. The Hall–Kier alpha value is -1.51. The van der Waals surface area contributed by atoms with Gasteiger partial charge in [-0.25, -0.2) is 0 Å². The highest BCUT2D eigenvalue weighted by molar-refractivity contribution is 5.75. The van der Waals surface area contributed by atoms with Gasteiger partial charge in [-0.15, -0.1) is 0 Å². The van der Waals surface area contributed by atoms with Gasteiger partial charge >= 0.3 is 0 Å². The lowest BCUT2D eigenvalue weighted by Crippen LogP contribution is -2.42. The summed E-state index contributed by atoms with van der Waals surface area (Å²) < 4.78 is 5.37. The maximum Gasteiger partial charge on any atom is 0.160 e. The van der Waals surface area contributed by atoms with Crippen LogP contribution in [0.5, 0.6) is 11.5 Å². The van der Waals surface area contributed by atoms with Gasteiger partial charge in [-0.1, -0.05) is 6.92 Å². The van der Waals surface area contributed by atoms with Crippen molar-refractivity contribution in [2.45, 2.75) is 64.7 Å². The number of Topliss-reactive ketones (excluding diaryl/α,β-unsaturated/α-hetero) is 1. The number of ketones is 1. The molecule has 5 atom stereocenters. The third-order valence-electron chi connectivity index (χ3n) is 7.75. The van der Waals surface area contributed by atoms with Crippen LogP contribution in [0.3, 0.4) is 0 Å². The zero-order chi connectivity index (χ0) is 17.8. The van der Waals surface area contributed by atoms with Crippen molar-refractivity contribution in [3.05, 3.63) is 23.3 Å². The number of carbonyl (C=O) groups is 1. The highest BCUT2D eigenvalue weighted by atomic mass is 16.5. The summed E-state index contributed by atoms with van der Waals surface area (Å²) in [6, 6.07) is 4.01. The molecule has 0 amide bonds. The fourth-order valence-electron chi connectivity index (χ4n) is 6.54. The first kappa shape index (κ1) is 16.9. The Bertz CT molecular complexity index is 695. The number of phenols is 1. The van der Waals surface area contributed by atoms with Gasteiger partial charge in [0.25, 0.3) is 0 Å². The molecule has 136 valence electrons. The Morgan fingerprint density at radius 1 is 1.28 bits per heavy atom. The monoisotopic (exact) mass is 342 g/mol. The van der Waals surface area contributed by atoms with E-state index in [0.717, 1.165) is 24.7 Å². The summed E-state index contributed by atoms with van der Waals surface area (Å²) in [6.07, 6.45) is 7.96. The number of phenolic OH excluding ortho intramolecular Hbond substituents is 1. The molecule has 0 aliphatic heterocycles. The van der Waals surface area contributed by atoms with E-state index in [2.05, 4.69) is 13.0 Å². The topological polar surface area (TPSA) is 46.5 Å². The van der Waals surface area contributed by atoms with Crippen LogP contribution in [-0.2, 0) is 11.2 Å². The number of aromatic hydroxyl groups is 1. The highest BCUT2D eigenvalue weighted by Crippen LogP contribution is 2.63. The third kappa shape index (κ3) is 2.58. The molecule has 3 aliphatic rings. The third-order valence-corrected chi connectivity index (χ3v) is 7.75. The van der Waals surface area contributed by atoms with Crippen molar-refractivity contribution in [3.63, 3.8) is 0 Å². The van der Waals surface area contributed by atoms with Crippen LogP contribution in [0.15, 0.2) is 12.1 Å². The van der Waals surface area contributed by atoms with Gasteiger partial charge in [-0.2, -0.15) is 0 Å². The van der Waals surface area contributed by atoms with Crippen LogP contribution in [0.25, 0.3) is 0 Å². The van der Waals surface area contributed by atoms with Gasteiger partial charge < -0.3 is 14.6 Å². The summed E-state index contributed by atoms with van der Waals surface area (Å²) in [7, 11) is 1.63. The molecule has 4 rings (SSSR count). The minimum atomic E-state index is 0.266. The Morgan fingerprint density at radius 2 is 2.08 bits per heavy atom. The molecule has 0 saturated heterocycles. The van der Waals surface area contributed by atoms with Crippen LogP contribution in [0.1, 0.15) is 69.4 Å². The maximum absolute atomic E-state index is 11.7. The van der Waals surface area contributed by atoms with Crippen molar-refractivity contribution < 1.29 is 14.6 Å². The molecule has 0 aromatic heterocycles. The average molecular weight is 342 g/mol. The molecule has 2 saturated carbocycles. The van der Waals surface area contributed by atoms with E-state index in [1.54, 1.807) is 14.0 Å². The summed E-state index contributed by atoms with van der Waals surface area (Å²) in [5.41, 5.74) is 3.05. The fraction of sp³-hybridized carbons (Fsp3) is 0.682. The van der Waals surface area contributed by atoms with Crippen molar-refractivity contribution in [1.29, 1.82) is 0 Å². The first-order valence-electron chi connectivity index (χ1n) is 9.83. The molecule has 3 nitrogen and oxygen atoms in total. The molecule has 3 aliphatic carbocycles. The quantitative estimate of drug-likeness (QED) is 0.854. The molecule has 0 radical (unpaired) electrons. The van der Waals surface area contributed by atoms with Crippen molar-refractivity contribution in [3.8, 4) is 11.5 Å². The van der Waals surface area contributed by atoms with Crippen molar-refractivity contribution >= 4 is 5.78 Å². The van der Waals surface area contributed by atoms with Gasteiger partial charge in [-0.3, -0.25) is 0 Å². The van der Waals surface area contributed by atoms with E-state index in [4.69, 9.17) is 4.74 Å². The highest BCUT2D eigenvalue weighted by Gasteiger charge is 2.54. The smallest absolute Gasteiger partial charge is 0.160 e. The molecular weight excluding hydrogens is 312 g/mol. The summed E-state index contributed by atoms with van der Waals surface area (Å²) >= 11 is 0. The lowest BCUT2D eigenvalue weighted by atomic mass is 9.54. The van der Waals surface area contributed by atoms with E-state index in [1.807, 2.05) is 6.07 Å². The average Bonchev–Trinajstić information content (AvgIpc) is 2.90. The predicted octanol–water partition coefficient (Wildman–Crippen LogP) is 4.85. The molecule has 0 heterocycles. The minimum absolute atomic E-state index is 0.266. The molecule has 25 heavy (non-hydrogen) atoms. The number of carbonyl (C=O) groups excluding carboxylic acids is 1. The van der Waals surface area contributed by atoms with Crippen LogP contribution >= 0.6 is 0 Å². The lowest BCUT2D eigenvalue weighted by Gasteiger charge is -2.51. The largest absolute Gasteiger partial charge is 0.504 e. The Balaban J connectivity index is 1.65. The van der Waals surface area contributed by atoms with E-state index in [9.17, 15) is 9.90 Å². The zero-order valence-electron chi connectivity index (χ0n) is 15.7. The SMILES string of the molecule is COc1cc2c(cc1O)CC[C@@H]1[C@@H]2CC[C@]2(C)[C@@H](CC(C)=O)CC[C@@H]12. The Labute approximate surface area is 150 Å². The summed E-state index contributed by atoms with van der Waals surface area (Å²) in [5.74, 6) is 3.85. The molecule has 0 unspecified atom stereocenters. The van der Waals surface area contributed by atoms with Crippen molar-refractivity contribution in [1.82, 2.24) is 0 Å². The summed E-state index contributed by atoms with van der Waals surface area (Å²) in [4.78, 5) is 11.7. The number of ether oxygens (including phenoxy) is 1. The van der Waals surface area contributed by atoms with Crippen molar-refractivity contribution in [2.75, 3.05) is 7.11 Å². The van der Waals surface area contributed by atoms with E-state index < -0.39 is 0 Å². The Kier molecular flexibility index (Phi) is 4.09. The van der Waals surface area contributed by atoms with E-state index in [0.29, 0.717) is 28.8 Å².